The molecule has 10 heteroatoms. The molecule has 4 N–H and O–H groups in total. The number of hydrogen-bond donors (Lipinski definition) is 3. The molecular formula is C28H27ClN5O4+. The summed E-state index contributed by atoms with van der Waals surface area (Å²) < 4.78 is 17.3. The number of quaternary nitrogens is 1. The number of aromatic amines is 1. The molecule has 0 amide bonds. The summed E-state index contributed by atoms with van der Waals surface area (Å²) in [6, 6.07) is 18.8. The van der Waals surface area contributed by atoms with E-state index >= 15 is 0 Å². The van der Waals surface area contributed by atoms with E-state index < -0.39 is 6.10 Å². The average molecular weight is 533 g/mol. The lowest BCUT2D eigenvalue weighted by Gasteiger charge is -2.15. The van der Waals surface area contributed by atoms with Gasteiger partial charge in [-0.2, -0.15) is 4.98 Å². The molecule has 2 saturated heterocycles. The van der Waals surface area contributed by atoms with E-state index in [1.54, 1.807) is 6.07 Å². The summed E-state index contributed by atoms with van der Waals surface area (Å²) in [5.74, 6) is 1.09. The topological polar surface area (TPSA) is 118 Å². The number of halogens is 1. The van der Waals surface area contributed by atoms with Crippen molar-refractivity contribution >= 4 is 28.6 Å². The van der Waals surface area contributed by atoms with Crippen molar-refractivity contribution in [3.63, 3.8) is 0 Å². The molecule has 3 aliphatic rings. The van der Waals surface area contributed by atoms with Gasteiger partial charge in [-0.3, -0.25) is 5.32 Å². The number of amidine groups is 1. The average Bonchev–Trinajstić information content (AvgIpc) is 3.65. The van der Waals surface area contributed by atoms with E-state index in [0.717, 1.165) is 47.6 Å². The van der Waals surface area contributed by atoms with Gasteiger partial charge in [-0.15, -0.1) is 0 Å². The summed E-state index contributed by atoms with van der Waals surface area (Å²) in [4.78, 5) is 17.0. The summed E-state index contributed by atoms with van der Waals surface area (Å²) in [5, 5.41) is 12.7. The summed E-state index contributed by atoms with van der Waals surface area (Å²) in [7, 11) is 0. The number of aliphatic imine (C=N–C) groups is 1. The molecule has 5 heterocycles. The number of aliphatic hydroxyl groups is 1. The van der Waals surface area contributed by atoms with Gasteiger partial charge in [-0.1, -0.05) is 48.0 Å². The van der Waals surface area contributed by atoms with E-state index in [-0.39, 0.29) is 24.9 Å². The highest BCUT2D eigenvalue weighted by Gasteiger charge is 2.48. The number of nitrogens with two attached hydrogens (primary N) is 1. The lowest BCUT2D eigenvalue weighted by atomic mass is 10.0. The van der Waals surface area contributed by atoms with Crippen LogP contribution in [0.4, 0.5) is 0 Å². The maximum Gasteiger partial charge on any atom is 0.296 e. The summed E-state index contributed by atoms with van der Waals surface area (Å²) in [6.07, 6.45) is -0.544. The standard InChI is InChI=1S/C28H26ClN5O4/c29-19-12-20-27(34-28(32-20)38-22-14-37-24-21(35)13-36-25(22)24)33-23(19)17-6-2-15(3-7-17)16-4-8-18(9-5-16)26-30-10-1-11-31-26/h2-9,12,21-22,24-25,35H,1,10-11,13-14H2,(H,30,31)(H,32,33,34)/p+1/t21-,22-,24-,25-/m1/s1. The number of benzene rings is 2. The lowest BCUT2D eigenvalue weighted by Crippen LogP contribution is -2.89. The normalized spacial score (nSPS) is 24.9. The highest BCUT2D eigenvalue weighted by Crippen LogP contribution is 2.33. The Kier molecular flexibility index (Phi) is 6.10. The fourth-order valence-electron chi connectivity index (χ4n) is 5.30. The van der Waals surface area contributed by atoms with Crippen molar-refractivity contribution in [2.24, 2.45) is 4.99 Å². The Labute approximate surface area is 223 Å². The van der Waals surface area contributed by atoms with Crippen molar-refractivity contribution in [2.75, 3.05) is 26.3 Å². The monoisotopic (exact) mass is 532 g/mol. The van der Waals surface area contributed by atoms with Crippen molar-refractivity contribution < 1.29 is 24.6 Å². The molecule has 2 aromatic heterocycles. The third kappa shape index (κ3) is 4.36. The van der Waals surface area contributed by atoms with Crippen molar-refractivity contribution in [1.29, 1.82) is 0 Å². The van der Waals surface area contributed by atoms with Crippen LogP contribution in [0.1, 0.15) is 12.0 Å². The molecule has 0 aliphatic carbocycles. The van der Waals surface area contributed by atoms with Gasteiger partial charge in [-0.05, 0) is 29.3 Å². The summed E-state index contributed by atoms with van der Waals surface area (Å²) in [5.41, 5.74) is 6.13. The number of ether oxygens (including phenoxy) is 3. The molecule has 194 valence electrons. The second-order valence-corrected chi connectivity index (χ2v) is 10.2. The highest BCUT2D eigenvalue weighted by atomic mass is 35.5. The molecule has 0 saturated carbocycles. The van der Waals surface area contributed by atoms with Crippen LogP contribution >= 0.6 is 11.6 Å². The van der Waals surface area contributed by atoms with Crippen molar-refractivity contribution in [3.05, 3.63) is 65.2 Å². The molecule has 4 atom stereocenters. The van der Waals surface area contributed by atoms with Crippen molar-refractivity contribution in [2.45, 2.75) is 30.8 Å². The fourth-order valence-corrected chi connectivity index (χ4v) is 5.56. The minimum Gasteiger partial charge on any atom is -0.456 e. The molecule has 38 heavy (non-hydrogen) atoms. The van der Waals surface area contributed by atoms with E-state index in [2.05, 4.69) is 56.7 Å². The predicted octanol–water partition coefficient (Wildman–Crippen LogP) is 2.56. The third-order valence-corrected chi connectivity index (χ3v) is 7.59. The van der Waals surface area contributed by atoms with E-state index in [1.165, 1.54) is 0 Å². The first-order valence-electron chi connectivity index (χ1n) is 12.9. The number of aliphatic hydroxyl groups excluding tert-OH is 1. The van der Waals surface area contributed by atoms with Crippen LogP contribution in [0.25, 0.3) is 33.5 Å². The van der Waals surface area contributed by atoms with Crippen LogP contribution in [0, 0.1) is 0 Å². The first kappa shape index (κ1) is 23.8. The molecule has 4 aromatic rings. The Morgan fingerprint density at radius 3 is 2.37 bits per heavy atom. The summed E-state index contributed by atoms with van der Waals surface area (Å²) in [6.45, 7) is 2.56. The predicted molar refractivity (Wildman–Crippen MR) is 142 cm³/mol. The van der Waals surface area contributed by atoms with Gasteiger partial charge in [0.15, 0.2) is 11.8 Å². The van der Waals surface area contributed by atoms with Gasteiger partial charge in [0.1, 0.15) is 18.3 Å². The van der Waals surface area contributed by atoms with Gasteiger partial charge in [-0.25, -0.2) is 9.98 Å². The number of aromatic nitrogens is 3. The van der Waals surface area contributed by atoms with Crippen LogP contribution in [0.5, 0.6) is 6.01 Å². The van der Waals surface area contributed by atoms with E-state index in [9.17, 15) is 5.11 Å². The van der Waals surface area contributed by atoms with E-state index in [4.69, 9.17) is 30.8 Å². The quantitative estimate of drug-likeness (QED) is 0.363. The minimum absolute atomic E-state index is 0.244. The minimum atomic E-state index is -0.631. The molecule has 0 bridgehead atoms. The summed E-state index contributed by atoms with van der Waals surface area (Å²) >= 11 is 6.62. The lowest BCUT2D eigenvalue weighted by molar-refractivity contribution is -0.542. The van der Waals surface area contributed by atoms with Gasteiger partial charge >= 0.3 is 0 Å². The number of pyridine rings is 1. The largest absolute Gasteiger partial charge is 0.456 e. The number of imidazole rings is 1. The Morgan fingerprint density at radius 2 is 1.63 bits per heavy atom. The van der Waals surface area contributed by atoms with Gasteiger partial charge < -0.3 is 24.3 Å². The zero-order valence-electron chi connectivity index (χ0n) is 20.5. The van der Waals surface area contributed by atoms with Gasteiger partial charge in [0.2, 0.25) is 5.84 Å². The number of nitrogens with one attached hydrogen (secondary N) is 1. The molecular weight excluding hydrogens is 506 g/mol. The Morgan fingerprint density at radius 1 is 0.921 bits per heavy atom. The molecule has 0 unspecified atom stereocenters. The van der Waals surface area contributed by atoms with Crippen LogP contribution in [0.2, 0.25) is 5.02 Å². The van der Waals surface area contributed by atoms with Crippen LogP contribution in [0.15, 0.2) is 59.6 Å². The fraction of sp³-hybridized carbons (Fsp3) is 0.321. The number of H-pyrrole nitrogens is 1. The molecule has 0 radical (unpaired) electrons. The first-order chi connectivity index (χ1) is 18.6. The Balaban J connectivity index is 1.10. The Hall–Kier alpha value is -3.34. The van der Waals surface area contributed by atoms with Crippen molar-refractivity contribution in [1.82, 2.24) is 15.0 Å². The smallest absolute Gasteiger partial charge is 0.296 e. The van der Waals surface area contributed by atoms with E-state index in [1.807, 2.05) is 12.1 Å². The Bertz CT molecular complexity index is 1500. The second kappa shape index (κ2) is 9.76. The van der Waals surface area contributed by atoms with Gasteiger partial charge in [0.05, 0.1) is 48.1 Å². The number of fused-ring (bicyclic) bond motifs is 2. The molecule has 2 aromatic carbocycles. The molecule has 2 fully saturated rings. The number of nitrogens with zero attached hydrogens (tertiary/aromatic N) is 3. The maximum absolute atomic E-state index is 9.95. The zero-order chi connectivity index (χ0) is 25.6. The molecule has 0 spiro atoms. The van der Waals surface area contributed by atoms with Crippen LogP contribution in [0.3, 0.4) is 0 Å². The maximum atomic E-state index is 9.95. The zero-order valence-corrected chi connectivity index (χ0v) is 21.3. The highest BCUT2D eigenvalue weighted by molar-refractivity contribution is 6.33. The van der Waals surface area contributed by atoms with Crippen LogP contribution in [-0.2, 0) is 9.47 Å². The SMILES string of the molecule is O[C@@H]1CO[C@H]2[C@@H]1OC[C@H]2Oc1nc2nc(-c3ccc(-c4ccc(C5=NCCC[NH2+]5)cc4)cc3)c(Cl)cc2[nH]1. The second-order valence-electron chi connectivity index (χ2n) is 9.82. The first-order valence-corrected chi connectivity index (χ1v) is 13.2. The molecule has 3 aliphatic heterocycles. The molecule has 7 rings (SSSR count). The van der Waals surface area contributed by atoms with Crippen LogP contribution < -0.4 is 10.1 Å². The number of hydrogen-bond acceptors (Lipinski definition) is 7. The van der Waals surface area contributed by atoms with E-state index in [0.29, 0.717) is 34.5 Å². The van der Waals surface area contributed by atoms with Crippen molar-refractivity contribution in [3.8, 4) is 28.4 Å². The third-order valence-electron chi connectivity index (χ3n) is 7.30. The van der Waals surface area contributed by atoms with Gasteiger partial charge in [0.25, 0.3) is 6.01 Å². The number of rotatable bonds is 5. The van der Waals surface area contributed by atoms with Crippen LogP contribution in [-0.4, -0.2) is 76.6 Å². The van der Waals surface area contributed by atoms with Gasteiger partial charge in [0, 0.05) is 12.0 Å². The molecule has 9 nitrogen and oxygen atoms in total.